The minimum Gasteiger partial charge on any atom is -0.0888 e. The second-order valence-electron chi connectivity index (χ2n) is 11.7. The first-order valence-corrected chi connectivity index (χ1v) is 15.9. The van der Waals surface area contributed by atoms with E-state index in [9.17, 15) is 0 Å². The quantitative estimate of drug-likeness (QED) is 0.184. The van der Waals surface area contributed by atoms with E-state index in [1.54, 1.807) is 11.8 Å². The molecule has 0 radical (unpaired) electrons. The first-order valence-electron chi connectivity index (χ1n) is 17.6. The summed E-state index contributed by atoms with van der Waals surface area (Å²) in [7, 11) is 0. The van der Waals surface area contributed by atoms with Crippen molar-refractivity contribution in [1.82, 2.24) is 0 Å². The highest BCUT2D eigenvalue weighted by molar-refractivity contribution is 7.99. The lowest BCUT2D eigenvalue weighted by Crippen LogP contribution is -1.95. The Bertz CT molecular complexity index is 2870. The van der Waals surface area contributed by atoms with Gasteiger partial charge in [-0.2, -0.15) is 0 Å². The van der Waals surface area contributed by atoms with E-state index in [1.165, 1.54) is 48.3 Å². The van der Waals surface area contributed by atoms with Crippen molar-refractivity contribution in [3.8, 4) is 44.5 Å². The van der Waals surface area contributed by atoms with Crippen LogP contribution in [0.2, 0.25) is 0 Å². The van der Waals surface area contributed by atoms with Gasteiger partial charge in [0.25, 0.3) is 0 Å². The average Bonchev–Trinajstić information content (AvgIpc) is 3.16. The van der Waals surface area contributed by atoms with Crippen molar-refractivity contribution in [2.75, 3.05) is 0 Å². The largest absolute Gasteiger partial charge is 0.0888 e. The summed E-state index contributed by atoms with van der Waals surface area (Å²) in [6.45, 7) is 0. The Morgan fingerprint density at radius 3 is 1.84 bits per heavy atom. The van der Waals surface area contributed by atoms with Crippen LogP contribution in [0, 0.1) is 0 Å². The van der Waals surface area contributed by atoms with Crippen molar-refractivity contribution in [2.45, 2.75) is 9.79 Å². The van der Waals surface area contributed by atoms with Crippen LogP contribution >= 0.6 is 11.8 Å². The molecule has 1 aliphatic heterocycles. The Morgan fingerprint density at radius 2 is 1.02 bits per heavy atom. The van der Waals surface area contributed by atoms with E-state index in [1.807, 2.05) is 18.2 Å². The van der Waals surface area contributed by atoms with Crippen molar-refractivity contribution in [1.29, 1.82) is 0 Å². The van der Waals surface area contributed by atoms with Gasteiger partial charge in [-0.15, -0.1) is 0 Å². The van der Waals surface area contributed by atoms with Gasteiger partial charge in [-0.25, -0.2) is 0 Å². The average molecular weight is 592 g/mol. The van der Waals surface area contributed by atoms with E-state index in [0.29, 0.717) is 5.56 Å². The lowest BCUT2D eigenvalue weighted by Gasteiger charge is -2.22. The van der Waals surface area contributed by atoms with Gasteiger partial charge in [-0.05, 0) is 106 Å². The lowest BCUT2D eigenvalue weighted by atomic mass is 9.88. The standard InChI is InChI=1S/C44H26S/c1-2-7-27(8-3-1)31-19-23-40-39(26-31)37-14-6-13-36-35(22-24-41(45-40)44(36)37)33-12-5-11-32(25-33)34-20-17-30-16-15-28-9-4-10-29-18-21-38(34)43(30)42(28)29/h1-26H/i1D,2D,3D,7D,8D. The molecule has 0 N–H and O–H groups in total. The third-order valence-electron chi connectivity index (χ3n) is 9.29. The van der Waals surface area contributed by atoms with Gasteiger partial charge in [-0.3, -0.25) is 0 Å². The molecule has 0 aliphatic carbocycles. The van der Waals surface area contributed by atoms with Crippen LogP contribution in [0.25, 0.3) is 87.6 Å². The molecule has 0 saturated heterocycles. The molecular formula is C44H26S. The fraction of sp³-hybridized carbons (Fsp3) is 0. The maximum atomic E-state index is 8.57. The maximum absolute atomic E-state index is 8.57. The Labute approximate surface area is 273 Å². The summed E-state index contributed by atoms with van der Waals surface area (Å²) in [5.41, 5.74) is 7.57. The molecule has 0 atom stereocenters. The SMILES string of the molecule is [2H]c1c([2H])c([2H])c(-c2ccc3c(c2)-c2cccc4c(-c5cccc(-c6ccc7ccc8cccc9ccc6c7c89)c5)ccc(c24)S3)c([2H])c1[2H]. The van der Waals surface area contributed by atoms with Crippen molar-refractivity contribution in [3.05, 3.63) is 158 Å². The first kappa shape index (κ1) is 20.6. The van der Waals surface area contributed by atoms with Crippen LogP contribution < -0.4 is 0 Å². The normalized spacial score (nSPS) is 13.9. The van der Waals surface area contributed by atoms with Crippen LogP contribution in [-0.4, -0.2) is 0 Å². The minimum atomic E-state index is -0.383. The molecule has 0 saturated carbocycles. The van der Waals surface area contributed by atoms with Gasteiger partial charge in [-0.1, -0.05) is 145 Å². The Kier molecular flexibility index (Phi) is 4.37. The van der Waals surface area contributed by atoms with E-state index >= 15 is 0 Å². The minimum absolute atomic E-state index is 0.190. The molecular weight excluding hydrogens is 561 g/mol. The predicted octanol–water partition coefficient (Wildman–Crippen LogP) is 12.9. The Morgan fingerprint density at radius 1 is 0.378 bits per heavy atom. The molecule has 0 aromatic heterocycles. The van der Waals surface area contributed by atoms with Crippen LogP contribution in [0.15, 0.2) is 167 Å². The monoisotopic (exact) mass is 591 g/mol. The molecule has 1 heterocycles. The van der Waals surface area contributed by atoms with Crippen molar-refractivity contribution in [2.24, 2.45) is 0 Å². The molecule has 0 amide bonds. The van der Waals surface area contributed by atoms with Gasteiger partial charge in [0, 0.05) is 15.2 Å². The third kappa shape index (κ3) is 3.75. The molecule has 9 aromatic rings. The molecule has 0 spiro atoms. The van der Waals surface area contributed by atoms with Gasteiger partial charge < -0.3 is 0 Å². The van der Waals surface area contributed by atoms with Crippen LogP contribution in [-0.2, 0) is 0 Å². The second kappa shape index (κ2) is 9.56. The van der Waals surface area contributed by atoms with Gasteiger partial charge in [0.2, 0.25) is 0 Å². The van der Waals surface area contributed by atoms with E-state index < -0.39 is 0 Å². The van der Waals surface area contributed by atoms with E-state index in [4.69, 9.17) is 6.85 Å². The zero-order valence-electron chi connectivity index (χ0n) is 29.0. The van der Waals surface area contributed by atoms with Gasteiger partial charge >= 0.3 is 0 Å². The third-order valence-corrected chi connectivity index (χ3v) is 10.4. The van der Waals surface area contributed by atoms with Crippen molar-refractivity contribution < 1.29 is 6.85 Å². The first-order chi connectivity index (χ1) is 24.4. The highest BCUT2D eigenvalue weighted by Gasteiger charge is 2.22. The molecule has 10 rings (SSSR count). The Hall–Kier alpha value is -5.37. The molecule has 1 aliphatic rings. The number of hydrogen-bond acceptors (Lipinski definition) is 1. The molecule has 0 fully saturated rings. The molecule has 0 nitrogen and oxygen atoms in total. The molecule has 1 heteroatoms. The number of hydrogen-bond donors (Lipinski definition) is 0. The fourth-order valence-corrected chi connectivity index (χ4v) is 8.38. The Balaban J connectivity index is 1.13. The zero-order valence-corrected chi connectivity index (χ0v) is 24.8. The summed E-state index contributed by atoms with van der Waals surface area (Å²) < 4.78 is 41.6. The predicted molar refractivity (Wildman–Crippen MR) is 194 cm³/mol. The maximum Gasteiger partial charge on any atom is 0.0629 e. The van der Waals surface area contributed by atoms with E-state index in [-0.39, 0.29) is 35.8 Å². The van der Waals surface area contributed by atoms with Crippen molar-refractivity contribution >= 4 is 54.9 Å². The number of benzene rings is 9. The number of rotatable bonds is 3. The summed E-state index contributed by atoms with van der Waals surface area (Å²) >= 11 is 1.71. The zero-order chi connectivity index (χ0) is 33.8. The van der Waals surface area contributed by atoms with E-state index in [0.717, 1.165) is 37.9 Å². The summed E-state index contributed by atoms with van der Waals surface area (Å²) in [4.78, 5) is 2.25. The highest BCUT2D eigenvalue weighted by Crippen LogP contribution is 2.51. The summed E-state index contributed by atoms with van der Waals surface area (Å²) in [6, 6.07) is 44.1. The van der Waals surface area contributed by atoms with Crippen LogP contribution in [0.4, 0.5) is 0 Å². The number of fused-ring (bicyclic) bond motifs is 2. The highest BCUT2D eigenvalue weighted by atomic mass is 32.2. The fourth-order valence-electron chi connectivity index (χ4n) is 7.27. The topological polar surface area (TPSA) is 0 Å². The van der Waals surface area contributed by atoms with Crippen LogP contribution in [0.1, 0.15) is 6.85 Å². The smallest absolute Gasteiger partial charge is 0.0629 e. The van der Waals surface area contributed by atoms with Gasteiger partial charge in [0.15, 0.2) is 0 Å². The molecule has 0 unspecified atom stereocenters. The van der Waals surface area contributed by atoms with Gasteiger partial charge in [0.05, 0.1) is 6.85 Å². The van der Waals surface area contributed by atoms with E-state index in [2.05, 4.69) is 109 Å². The molecule has 9 aromatic carbocycles. The summed E-state index contributed by atoms with van der Waals surface area (Å²) in [5.74, 6) is 0. The summed E-state index contributed by atoms with van der Waals surface area (Å²) in [6.07, 6.45) is 0. The molecule has 208 valence electrons. The molecule has 45 heavy (non-hydrogen) atoms. The summed E-state index contributed by atoms with van der Waals surface area (Å²) in [5, 5.41) is 9.96. The lowest BCUT2D eigenvalue weighted by molar-refractivity contribution is 1.39. The van der Waals surface area contributed by atoms with Crippen LogP contribution in [0.3, 0.4) is 0 Å². The second-order valence-corrected chi connectivity index (χ2v) is 12.8. The van der Waals surface area contributed by atoms with Gasteiger partial charge in [0.1, 0.15) is 0 Å². The molecule has 0 bridgehead atoms. The van der Waals surface area contributed by atoms with Crippen LogP contribution in [0.5, 0.6) is 0 Å². The van der Waals surface area contributed by atoms with Crippen molar-refractivity contribution in [3.63, 3.8) is 0 Å².